The first-order valence-corrected chi connectivity index (χ1v) is 11.7. The van der Waals surface area contributed by atoms with E-state index in [-0.39, 0.29) is 5.04 Å². The minimum Gasteiger partial charge on any atom is -0.544 e. The van der Waals surface area contributed by atoms with Crippen molar-refractivity contribution in [2.45, 2.75) is 51.7 Å². The second-order valence-electron chi connectivity index (χ2n) is 7.78. The van der Waals surface area contributed by atoms with Gasteiger partial charge in [0.15, 0.2) is 0 Å². The zero-order chi connectivity index (χ0) is 19.8. The van der Waals surface area contributed by atoms with Crippen LogP contribution in [0, 0.1) is 0 Å². The van der Waals surface area contributed by atoms with Crippen LogP contribution < -0.4 is 4.74 Å². The van der Waals surface area contributed by atoms with Crippen LogP contribution in [-0.2, 0) is 10.8 Å². The van der Waals surface area contributed by atoms with E-state index in [0.717, 1.165) is 16.9 Å². The highest BCUT2D eigenvalue weighted by Crippen LogP contribution is 2.38. The molecule has 0 N–H and O–H groups in total. The van der Waals surface area contributed by atoms with Gasteiger partial charge in [-0.1, -0.05) is 50.7 Å². The predicted octanol–water partition coefficient (Wildman–Crippen LogP) is 6.40. The van der Waals surface area contributed by atoms with Gasteiger partial charge in [0, 0.05) is 17.9 Å². The minimum absolute atomic E-state index is 0.103. The van der Waals surface area contributed by atoms with E-state index < -0.39 is 8.32 Å². The van der Waals surface area contributed by atoms with Gasteiger partial charge in [0.2, 0.25) is 8.32 Å². The highest BCUT2D eigenvalue weighted by atomic mass is 28.4. The number of allylic oxidation sites excluding steroid dienone is 1. The lowest BCUT2D eigenvalue weighted by atomic mass is 10.0. The Labute approximate surface area is 158 Å². The number of azide groups is 1. The zero-order valence-electron chi connectivity index (χ0n) is 16.9. The fourth-order valence-corrected chi connectivity index (χ4v) is 3.17. The quantitative estimate of drug-likeness (QED) is 0.0955. The molecule has 0 heterocycles. The van der Waals surface area contributed by atoms with Crippen molar-refractivity contribution in [1.82, 2.24) is 0 Å². The molecule has 0 aliphatic carbocycles. The van der Waals surface area contributed by atoms with Gasteiger partial charge in [0.05, 0.1) is 12.9 Å². The molecule has 1 aromatic rings. The number of rotatable bonds is 9. The maximum Gasteiger partial charge on any atom is 0.250 e. The third kappa shape index (κ3) is 6.62. The molecule has 142 valence electrons. The number of hydrogen-bond acceptors (Lipinski definition) is 3. The molecular formula is C20H31N3O2Si. The molecule has 26 heavy (non-hydrogen) atoms. The second kappa shape index (κ2) is 9.50. The zero-order valence-corrected chi connectivity index (χ0v) is 17.9. The molecule has 0 fully saturated rings. The first-order valence-electron chi connectivity index (χ1n) is 8.82. The van der Waals surface area contributed by atoms with Gasteiger partial charge in [-0.3, -0.25) is 0 Å². The Morgan fingerprint density at radius 3 is 2.38 bits per heavy atom. The molecule has 0 amide bonds. The van der Waals surface area contributed by atoms with Crippen LogP contribution in [0.2, 0.25) is 18.1 Å². The molecule has 0 unspecified atom stereocenters. The average Bonchev–Trinajstić information content (AvgIpc) is 2.56. The highest BCUT2D eigenvalue weighted by molar-refractivity contribution is 6.74. The molecule has 1 rings (SSSR count). The van der Waals surface area contributed by atoms with Gasteiger partial charge >= 0.3 is 0 Å². The lowest BCUT2D eigenvalue weighted by molar-refractivity contribution is 0.393. The van der Waals surface area contributed by atoms with Crippen molar-refractivity contribution >= 4 is 8.32 Å². The molecule has 1 aromatic carbocycles. The van der Waals surface area contributed by atoms with Crippen LogP contribution in [0.25, 0.3) is 10.4 Å². The van der Waals surface area contributed by atoms with Crippen molar-refractivity contribution in [3.63, 3.8) is 0 Å². The Bertz CT molecular complexity index is 682. The van der Waals surface area contributed by atoms with Crippen LogP contribution >= 0.6 is 0 Å². The smallest absolute Gasteiger partial charge is 0.250 e. The standard InChI is InChI=1S/C20H31N3O2Si/c1-16(25-26(6,7)20(2,3)4)18(9-8-14-22-23-21)15-17-10-12-19(24-5)13-11-17/h9-13H,1,8,14-15H2,2-7H3/b18-9+. The third-order valence-corrected chi connectivity index (χ3v) is 9.15. The summed E-state index contributed by atoms with van der Waals surface area (Å²) in [7, 11) is -0.302. The summed E-state index contributed by atoms with van der Waals surface area (Å²) in [6, 6.07) is 7.98. The Morgan fingerprint density at radius 2 is 1.88 bits per heavy atom. The SMILES string of the molecule is C=C(O[Si](C)(C)C(C)(C)C)/C(=C/CCN=[N+]=[N-])Cc1ccc(OC)cc1. The summed E-state index contributed by atoms with van der Waals surface area (Å²) in [5, 5.41) is 3.71. The summed E-state index contributed by atoms with van der Waals surface area (Å²) < 4.78 is 11.6. The largest absolute Gasteiger partial charge is 0.544 e. The first kappa shape index (κ1) is 21.9. The summed E-state index contributed by atoms with van der Waals surface area (Å²) in [4.78, 5) is 2.81. The average molecular weight is 374 g/mol. The summed E-state index contributed by atoms with van der Waals surface area (Å²) in [6.45, 7) is 15.7. The predicted molar refractivity (Wildman–Crippen MR) is 111 cm³/mol. The van der Waals surface area contributed by atoms with Gasteiger partial charge in [-0.05, 0) is 53.4 Å². The number of nitrogens with zero attached hydrogens (tertiary/aromatic N) is 3. The maximum absolute atomic E-state index is 8.46. The Kier molecular flexibility index (Phi) is 7.99. The third-order valence-electron chi connectivity index (χ3n) is 4.78. The van der Waals surface area contributed by atoms with Gasteiger partial charge < -0.3 is 9.16 Å². The molecule has 0 aromatic heterocycles. The van der Waals surface area contributed by atoms with Gasteiger partial charge in [-0.15, -0.1) is 0 Å². The van der Waals surface area contributed by atoms with E-state index >= 15 is 0 Å². The maximum atomic E-state index is 8.46. The van der Waals surface area contributed by atoms with Crippen LogP contribution in [0.3, 0.4) is 0 Å². The van der Waals surface area contributed by atoms with Crippen molar-refractivity contribution in [2.75, 3.05) is 13.7 Å². The topological polar surface area (TPSA) is 67.2 Å². The first-order chi connectivity index (χ1) is 12.1. The van der Waals surface area contributed by atoms with E-state index in [4.69, 9.17) is 14.7 Å². The molecule has 0 aliphatic heterocycles. The van der Waals surface area contributed by atoms with Gasteiger partial charge in [0.25, 0.3) is 0 Å². The molecule has 0 spiro atoms. The minimum atomic E-state index is -1.96. The molecule has 0 saturated heterocycles. The van der Waals surface area contributed by atoms with Crippen LogP contribution in [0.1, 0.15) is 32.8 Å². The Hall–Kier alpha value is -2.17. The lowest BCUT2D eigenvalue weighted by Gasteiger charge is -2.37. The Morgan fingerprint density at radius 1 is 1.27 bits per heavy atom. The molecule has 0 atom stereocenters. The van der Waals surface area contributed by atoms with E-state index in [1.54, 1.807) is 7.11 Å². The van der Waals surface area contributed by atoms with E-state index in [0.29, 0.717) is 25.1 Å². The van der Waals surface area contributed by atoms with Crippen molar-refractivity contribution in [3.05, 3.63) is 64.3 Å². The molecule has 0 aliphatic rings. The van der Waals surface area contributed by atoms with Gasteiger partial charge in [0.1, 0.15) is 5.75 Å². The monoisotopic (exact) mass is 373 g/mol. The van der Waals surface area contributed by atoms with E-state index in [1.807, 2.05) is 24.3 Å². The summed E-state index contributed by atoms with van der Waals surface area (Å²) in [6.07, 6.45) is 3.44. The summed E-state index contributed by atoms with van der Waals surface area (Å²) in [5.74, 6) is 1.55. The van der Waals surface area contributed by atoms with E-state index in [9.17, 15) is 0 Å². The van der Waals surface area contributed by atoms with E-state index in [1.165, 1.54) is 0 Å². The van der Waals surface area contributed by atoms with Crippen LogP contribution in [0.4, 0.5) is 0 Å². The molecule has 0 saturated carbocycles. The van der Waals surface area contributed by atoms with Crippen molar-refractivity contribution in [1.29, 1.82) is 0 Å². The highest BCUT2D eigenvalue weighted by Gasteiger charge is 2.39. The number of benzene rings is 1. The summed E-state index contributed by atoms with van der Waals surface area (Å²) >= 11 is 0. The van der Waals surface area contributed by atoms with Crippen molar-refractivity contribution in [3.8, 4) is 5.75 Å². The lowest BCUT2D eigenvalue weighted by Crippen LogP contribution is -2.40. The number of ether oxygens (including phenoxy) is 1. The molecule has 0 radical (unpaired) electrons. The Balaban J connectivity index is 2.99. The molecule has 0 bridgehead atoms. The number of methoxy groups -OCH3 is 1. The fourth-order valence-electron chi connectivity index (χ4n) is 2.12. The number of hydrogen-bond donors (Lipinski definition) is 0. The van der Waals surface area contributed by atoms with Crippen molar-refractivity contribution in [2.24, 2.45) is 5.11 Å². The van der Waals surface area contributed by atoms with Gasteiger partial charge in [-0.2, -0.15) is 0 Å². The van der Waals surface area contributed by atoms with E-state index in [2.05, 4.69) is 56.5 Å². The molecule has 5 nitrogen and oxygen atoms in total. The van der Waals surface area contributed by atoms with Crippen LogP contribution in [-0.4, -0.2) is 22.0 Å². The van der Waals surface area contributed by atoms with Crippen LogP contribution in [0.5, 0.6) is 5.75 Å². The second-order valence-corrected chi connectivity index (χ2v) is 12.5. The van der Waals surface area contributed by atoms with Gasteiger partial charge in [-0.25, -0.2) is 0 Å². The molecule has 6 heteroatoms. The van der Waals surface area contributed by atoms with Crippen LogP contribution in [0.15, 0.2) is 53.4 Å². The van der Waals surface area contributed by atoms with Crippen molar-refractivity contribution < 1.29 is 9.16 Å². The fraction of sp³-hybridized carbons (Fsp3) is 0.500. The molecular weight excluding hydrogens is 342 g/mol. The normalized spacial score (nSPS) is 12.3. The summed E-state index contributed by atoms with van der Waals surface area (Å²) in [5.41, 5.74) is 10.6.